The topological polar surface area (TPSA) is 80.9 Å². The molecular weight excluding hydrogens is 232 g/mol. The summed E-state index contributed by atoms with van der Waals surface area (Å²) in [5, 5.41) is 40.1. The molecule has 0 fully saturated rings. The summed E-state index contributed by atoms with van der Waals surface area (Å²) >= 11 is 0. The fourth-order valence-electron chi connectivity index (χ4n) is 2.53. The lowest BCUT2D eigenvalue weighted by molar-refractivity contribution is 0.167. The van der Waals surface area contributed by atoms with E-state index in [0.29, 0.717) is 11.1 Å². The molecule has 4 N–H and O–H groups in total. The van der Waals surface area contributed by atoms with Gasteiger partial charge in [0.2, 0.25) is 0 Å². The third-order valence-corrected chi connectivity index (χ3v) is 3.37. The van der Waals surface area contributed by atoms with Crippen molar-refractivity contribution in [2.75, 3.05) is 0 Å². The second-order valence-corrected chi connectivity index (χ2v) is 4.37. The summed E-state index contributed by atoms with van der Waals surface area (Å²) in [6, 6.07) is 9.40. The zero-order valence-electron chi connectivity index (χ0n) is 9.41. The molecule has 4 heteroatoms. The largest absolute Gasteiger partial charge is 0.508 e. The lowest BCUT2D eigenvalue weighted by Crippen LogP contribution is -2.18. The van der Waals surface area contributed by atoms with Gasteiger partial charge < -0.3 is 20.4 Å². The first-order valence-electron chi connectivity index (χ1n) is 5.61. The lowest BCUT2D eigenvalue weighted by Gasteiger charge is -2.29. The van der Waals surface area contributed by atoms with Gasteiger partial charge in [0.25, 0.3) is 0 Å². The summed E-state index contributed by atoms with van der Waals surface area (Å²) in [7, 11) is 0. The van der Waals surface area contributed by atoms with Gasteiger partial charge >= 0.3 is 0 Å². The number of hydrogen-bond acceptors (Lipinski definition) is 4. The van der Waals surface area contributed by atoms with Crippen LogP contribution in [0.15, 0.2) is 36.4 Å². The van der Waals surface area contributed by atoms with Gasteiger partial charge in [-0.2, -0.15) is 0 Å². The maximum atomic E-state index is 10.3. The van der Waals surface area contributed by atoms with Crippen LogP contribution >= 0.6 is 0 Å². The van der Waals surface area contributed by atoms with Crippen molar-refractivity contribution >= 4 is 0 Å². The van der Waals surface area contributed by atoms with E-state index in [4.69, 9.17) is 0 Å². The number of hydrogen-bond donors (Lipinski definition) is 4. The van der Waals surface area contributed by atoms with Crippen LogP contribution < -0.4 is 0 Å². The van der Waals surface area contributed by atoms with Crippen LogP contribution in [0.1, 0.15) is 34.5 Å². The van der Waals surface area contributed by atoms with Crippen molar-refractivity contribution in [3.8, 4) is 11.5 Å². The van der Waals surface area contributed by atoms with Crippen LogP contribution in [0.5, 0.6) is 11.5 Å². The molecule has 0 amide bonds. The fourth-order valence-corrected chi connectivity index (χ4v) is 2.53. The molecule has 0 spiro atoms. The van der Waals surface area contributed by atoms with Gasteiger partial charge in [-0.25, -0.2) is 0 Å². The number of aromatic hydroxyl groups is 2. The quantitative estimate of drug-likeness (QED) is 0.567. The second-order valence-electron chi connectivity index (χ2n) is 4.37. The molecule has 1 aliphatic rings. The van der Waals surface area contributed by atoms with Crippen molar-refractivity contribution in [1.29, 1.82) is 0 Å². The number of phenolic OH excluding ortho intramolecular Hbond substituents is 2. The summed E-state index contributed by atoms with van der Waals surface area (Å²) in [5.41, 5.74) is 1.42. The molecule has 0 saturated carbocycles. The Balaban J connectivity index is 2.32. The van der Waals surface area contributed by atoms with Crippen molar-refractivity contribution in [1.82, 2.24) is 0 Å². The molecule has 0 aromatic heterocycles. The number of rotatable bonds is 0. The number of phenols is 2. The summed E-state index contributed by atoms with van der Waals surface area (Å²) in [6.45, 7) is 0. The van der Waals surface area contributed by atoms with Gasteiger partial charge in [0, 0.05) is 11.1 Å². The molecular formula is C14H12O4. The predicted octanol–water partition coefficient (Wildman–Crippen LogP) is 1.57. The van der Waals surface area contributed by atoms with E-state index in [1.807, 2.05) is 0 Å². The van der Waals surface area contributed by atoms with Crippen molar-refractivity contribution in [3.05, 3.63) is 58.7 Å². The van der Waals surface area contributed by atoms with Crippen LogP contribution in [0.3, 0.4) is 0 Å². The molecule has 0 saturated heterocycles. The SMILES string of the molecule is Oc1cccc2c1C(O)c1c(O)cccc1C2O. The third-order valence-electron chi connectivity index (χ3n) is 3.37. The zero-order valence-corrected chi connectivity index (χ0v) is 9.41. The van der Waals surface area contributed by atoms with Crippen molar-refractivity contribution < 1.29 is 20.4 Å². The highest BCUT2D eigenvalue weighted by atomic mass is 16.3. The van der Waals surface area contributed by atoms with Crippen LogP contribution in [0.25, 0.3) is 0 Å². The Labute approximate surface area is 103 Å². The van der Waals surface area contributed by atoms with Gasteiger partial charge in [0.05, 0.1) is 0 Å². The Morgan fingerprint density at radius 2 is 1.11 bits per heavy atom. The van der Waals surface area contributed by atoms with E-state index in [1.54, 1.807) is 24.3 Å². The number of aliphatic hydroxyl groups excluding tert-OH is 2. The Morgan fingerprint density at radius 3 is 1.56 bits per heavy atom. The first kappa shape index (κ1) is 11.1. The van der Waals surface area contributed by atoms with E-state index in [2.05, 4.69) is 0 Å². The van der Waals surface area contributed by atoms with Crippen LogP contribution in [0, 0.1) is 0 Å². The van der Waals surface area contributed by atoms with E-state index < -0.39 is 12.2 Å². The maximum absolute atomic E-state index is 10.3. The predicted molar refractivity (Wildman–Crippen MR) is 64.3 cm³/mol. The third kappa shape index (κ3) is 1.33. The molecule has 92 valence electrons. The van der Waals surface area contributed by atoms with Crippen molar-refractivity contribution in [3.63, 3.8) is 0 Å². The zero-order chi connectivity index (χ0) is 12.9. The summed E-state index contributed by atoms with van der Waals surface area (Å²) < 4.78 is 0. The molecule has 4 nitrogen and oxygen atoms in total. The van der Waals surface area contributed by atoms with E-state index in [0.717, 1.165) is 0 Å². The highest BCUT2D eigenvalue weighted by molar-refractivity contribution is 5.58. The van der Waals surface area contributed by atoms with Crippen molar-refractivity contribution in [2.45, 2.75) is 12.2 Å². The Kier molecular flexibility index (Phi) is 2.29. The average molecular weight is 244 g/mol. The molecule has 0 heterocycles. The Morgan fingerprint density at radius 1 is 0.667 bits per heavy atom. The van der Waals surface area contributed by atoms with Gasteiger partial charge in [-0.3, -0.25) is 0 Å². The molecule has 0 atom stereocenters. The van der Waals surface area contributed by atoms with E-state index in [1.165, 1.54) is 12.1 Å². The molecule has 0 radical (unpaired) electrons. The molecule has 0 aliphatic heterocycles. The van der Waals surface area contributed by atoms with Gasteiger partial charge in [-0.15, -0.1) is 0 Å². The van der Waals surface area contributed by atoms with Gasteiger partial charge in [-0.05, 0) is 23.3 Å². The van der Waals surface area contributed by atoms with Crippen LogP contribution in [-0.4, -0.2) is 20.4 Å². The number of fused-ring (bicyclic) bond motifs is 2. The maximum Gasteiger partial charge on any atom is 0.122 e. The molecule has 3 rings (SSSR count). The molecule has 0 unspecified atom stereocenters. The summed E-state index contributed by atoms with van der Waals surface area (Å²) in [4.78, 5) is 0. The van der Waals surface area contributed by atoms with Crippen LogP contribution in [0.4, 0.5) is 0 Å². The van der Waals surface area contributed by atoms with Crippen LogP contribution in [-0.2, 0) is 0 Å². The molecule has 2 aromatic rings. The fraction of sp³-hybridized carbons (Fsp3) is 0.143. The van der Waals surface area contributed by atoms with Gasteiger partial charge in [0.1, 0.15) is 23.7 Å². The first-order valence-corrected chi connectivity index (χ1v) is 5.61. The second kappa shape index (κ2) is 3.73. The monoisotopic (exact) mass is 244 g/mol. The summed E-state index contributed by atoms with van der Waals surface area (Å²) in [6.07, 6.45) is -2.10. The minimum atomic E-state index is -1.14. The minimum Gasteiger partial charge on any atom is -0.508 e. The average Bonchev–Trinajstić information content (AvgIpc) is 2.35. The van der Waals surface area contributed by atoms with E-state index >= 15 is 0 Å². The smallest absolute Gasteiger partial charge is 0.122 e. The van der Waals surface area contributed by atoms with Gasteiger partial charge in [0.15, 0.2) is 0 Å². The molecule has 2 aromatic carbocycles. The Hall–Kier alpha value is -2.04. The van der Waals surface area contributed by atoms with Crippen LogP contribution in [0.2, 0.25) is 0 Å². The molecule has 0 bridgehead atoms. The molecule has 1 aliphatic carbocycles. The van der Waals surface area contributed by atoms with E-state index in [-0.39, 0.29) is 22.6 Å². The first-order chi connectivity index (χ1) is 8.61. The summed E-state index contributed by atoms with van der Waals surface area (Å²) in [5.74, 6) is -0.180. The molecule has 18 heavy (non-hydrogen) atoms. The Bertz CT molecular complexity index is 568. The standard InChI is InChI=1S/C14H12O4/c15-9-5-1-3-7-11(9)14(18)12-8(13(7)17)4-2-6-10(12)16/h1-6,13-18H. The van der Waals surface area contributed by atoms with E-state index in [9.17, 15) is 20.4 Å². The highest BCUT2D eigenvalue weighted by Gasteiger charge is 2.33. The lowest BCUT2D eigenvalue weighted by atomic mass is 9.81. The highest BCUT2D eigenvalue weighted by Crippen LogP contribution is 2.47. The number of benzene rings is 2. The minimum absolute atomic E-state index is 0.0899. The van der Waals surface area contributed by atoms with Gasteiger partial charge in [-0.1, -0.05) is 24.3 Å². The number of aliphatic hydroxyl groups is 2. The van der Waals surface area contributed by atoms with Crippen molar-refractivity contribution in [2.24, 2.45) is 0 Å². The normalized spacial score (nSPS) is 21.2.